The van der Waals surface area contributed by atoms with Crippen molar-refractivity contribution in [3.63, 3.8) is 0 Å². The van der Waals surface area contributed by atoms with Gasteiger partial charge in [0, 0.05) is 24.7 Å². The van der Waals surface area contributed by atoms with Crippen LogP contribution in [0.2, 0.25) is 0 Å². The summed E-state index contributed by atoms with van der Waals surface area (Å²) in [7, 11) is 0. The minimum Gasteiger partial charge on any atom is -0.372 e. The topological polar surface area (TPSA) is 111 Å². The van der Waals surface area contributed by atoms with E-state index in [1.807, 2.05) is 13.8 Å². The molecule has 0 saturated carbocycles. The number of nitro benzene ring substituents is 1. The van der Waals surface area contributed by atoms with Gasteiger partial charge in [0.25, 0.3) is 11.6 Å². The van der Waals surface area contributed by atoms with Crippen molar-refractivity contribution in [1.29, 1.82) is 0 Å². The largest absolute Gasteiger partial charge is 0.372 e. The van der Waals surface area contributed by atoms with Crippen molar-refractivity contribution in [1.82, 2.24) is 4.90 Å². The Morgan fingerprint density at radius 3 is 2.81 bits per heavy atom. The molecule has 1 saturated heterocycles. The average molecular weight is 294 g/mol. The number of benzene rings is 1. The number of hydrogen-bond acceptors (Lipinski definition) is 6. The Morgan fingerprint density at radius 1 is 1.52 bits per heavy atom. The summed E-state index contributed by atoms with van der Waals surface area (Å²) in [5, 5.41) is 10.8. The van der Waals surface area contributed by atoms with Crippen LogP contribution in [-0.4, -0.2) is 41.0 Å². The Kier molecular flexibility index (Phi) is 4.10. The van der Waals surface area contributed by atoms with Gasteiger partial charge < -0.3 is 15.1 Å². The monoisotopic (exact) mass is 294 g/mol. The van der Waals surface area contributed by atoms with E-state index in [-0.39, 0.29) is 17.3 Å². The van der Waals surface area contributed by atoms with Gasteiger partial charge in [0.05, 0.1) is 17.1 Å². The van der Waals surface area contributed by atoms with E-state index in [9.17, 15) is 14.9 Å². The molecule has 0 aliphatic carbocycles. The van der Waals surface area contributed by atoms with Crippen molar-refractivity contribution in [2.75, 3.05) is 25.1 Å². The number of nitrogens with zero attached hydrogens (tertiary/aromatic N) is 2. The number of amides is 1. The normalized spacial score (nSPS) is 17.4. The molecule has 0 atom stereocenters. The molecule has 1 aromatic rings. The number of rotatable bonds is 3. The van der Waals surface area contributed by atoms with E-state index in [1.165, 1.54) is 18.2 Å². The molecule has 0 unspecified atom stereocenters. The molecule has 1 amide bonds. The number of carbonyl (C=O) groups is 1. The molecule has 1 aromatic carbocycles. The molecule has 8 heteroatoms. The number of hydrazine groups is 1. The first kappa shape index (κ1) is 15.2. The summed E-state index contributed by atoms with van der Waals surface area (Å²) in [4.78, 5) is 24.4. The number of nitrogen functional groups attached to an aromatic ring is 1. The van der Waals surface area contributed by atoms with Crippen LogP contribution in [0.25, 0.3) is 0 Å². The van der Waals surface area contributed by atoms with Crippen molar-refractivity contribution in [2.24, 2.45) is 5.84 Å². The highest BCUT2D eigenvalue weighted by Gasteiger charge is 2.30. The number of nitrogens with one attached hydrogen (secondary N) is 1. The van der Waals surface area contributed by atoms with Gasteiger partial charge >= 0.3 is 0 Å². The number of carbonyl (C=O) groups excluding carboxylic acids is 1. The maximum atomic E-state index is 12.5. The minimum atomic E-state index is -0.554. The van der Waals surface area contributed by atoms with Crippen LogP contribution in [0, 0.1) is 10.1 Å². The molecule has 21 heavy (non-hydrogen) atoms. The molecule has 0 spiro atoms. The summed E-state index contributed by atoms with van der Waals surface area (Å²) < 4.78 is 5.56. The summed E-state index contributed by atoms with van der Waals surface area (Å²) in [6.07, 6.45) is 0. The summed E-state index contributed by atoms with van der Waals surface area (Å²) in [5.41, 5.74) is 2.15. The van der Waals surface area contributed by atoms with Gasteiger partial charge in [-0.05, 0) is 26.0 Å². The highest BCUT2D eigenvalue weighted by Crippen LogP contribution is 2.26. The maximum absolute atomic E-state index is 12.5. The standard InChI is InChI=1S/C13H18N4O4/c1-13(2)8-16(5-6-21-13)12(18)9-3-4-11(17(19)20)10(7-9)15-14/h3-4,7,15H,5-6,8,14H2,1-2H3. The van der Waals surface area contributed by atoms with E-state index in [0.717, 1.165) is 0 Å². The average Bonchev–Trinajstić information content (AvgIpc) is 2.44. The molecular weight excluding hydrogens is 276 g/mol. The van der Waals surface area contributed by atoms with Crippen molar-refractivity contribution in [2.45, 2.75) is 19.4 Å². The molecule has 1 aliphatic rings. The van der Waals surface area contributed by atoms with Crippen LogP contribution < -0.4 is 11.3 Å². The molecule has 1 heterocycles. The number of hydrogen-bond donors (Lipinski definition) is 2. The second kappa shape index (κ2) is 5.66. The SMILES string of the molecule is CC1(C)CN(C(=O)c2ccc([N+](=O)[O-])c(NN)c2)CCO1. The summed E-state index contributed by atoms with van der Waals surface area (Å²) in [6.45, 7) is 5.25. The molecule has 1 fully saturated rings. The zero-order valence-electron chi connectivity index (χ0n) is 12.0. The van der Waals surface area contributed by atoms with Gasteiger partial charge in [-0.3, -0.25) is 20.8 Å². The van der Waals surface area contributed by atoms with E-state index < -0.39 is 10.5 Å². The minimum absolute atomic E-state index is 0.110. The number of nitrogens with two attached hydrogens (primary N) is 1. The lowest BCUT2D eigenvalue weighted by molar-refractivity contribution is -0.384. The van der Waals surface area contributed by atoms with Gasteiger partial charge in [-0.25, -0.2) is 0 Å². The van der Waals surface area contributed by atoms with Gasteiger partial charge in [-0.1, -0.05) is 0 Å². The van der Waals surface area contributed by atoms with Crippen molar-refractivity contribution < 1.29 is 14.5 Å². The molecule has 8 nitrogen and oxygen atoms in total. The van der Waals surface area contributed by atoms with E-state index in [0.29, 0.717) is 25.3 Å². The van der Waals surface area contributed by atoms with Gasteiger partial charge in [-0.2, -0.15) is 0 Å². The molecule has 3 N–H and O–H groups in total. The van der Waals surface area contributed by atoms with Crippen molar-refractivity contribution in [3.8, 4) is 0 Å². The first-order valence-electron chi connectivity index (χ1n) is 6.52. The molecular formula is C13H18N4O4. The fourth-order valence-electron chi connectivity index (χ4n) is 2.32. The van der Waals surface area contributed by atoms with Gasteiger partial charge in [0.2, 0.25) is 0 Å². The second-order valence-electron chi connectivity index (χ2n) is 5.47. The van der Waals surface area contributed by atoms with Crippen molar-refractivity contribution >= 4 is 17.3 Å². The third-order valence-electron chi connectivity index (χ3n) is 3.31. The van der Waals surface area contributed by atoms with Gasteiger partial charge in [-0.15, -0.1) is 0 Å². The molecule has 0 aromatic heterocycles. The predicted molar refractivity (Wildman–Crippen MR) is 76.8 cm³/mol. The quantitative estimate of drug-likeness (QED) is 0.491. The van der Waals surface area contributed by atoms with Crippen LogP contribution in [0.4, 0.5) is 11.4 Å². The predicted octanol–water partition coefficient (Wildman–Crippen LogP) is 1.13. The van der Waals surface area contributed by atoms with E-state index in [4.69, 9.17) is 10.6 Å². The van der Waals surface area contributed by atoms with Crippen LogP contribution >= 0.6 is 0 Å². The lowest BCUT2D eigenvalue weighted by Crippen LogP contribution is -2.50. The third kappa shape index (κ3) is 3.29. The Bertz CT molecular complexity index is 573. The molecule has 0 bridgehead atoms. The Hall–Kier alpha value is -2.19. The summed E-state index contributed by atoms with van der Waals surface area (Å²) >= 11 is 0. The number of ether oxygens (including phenoxy) is 1. The first-order valence-corrected chi connectivity index (χ1v) is 6.52. The fourth-order valence-corrected chi connectivity index (χ4v) is 2.32. The van der Waals surface area contributed by atoms with Crippen LogP contribution in [0.3, 0.4) is 0 Å². The van der Waals surface area contributed by atoms with Gasteiger partial charge in [0.1, 0.15) is 5.69 Å². The zero-order chi connectivity index (χ0) is 15.6. The number of morpholine rings is 1. The fraction of sp³-hybridized carbons (Fsp3) is 0.462. The van der Waals surface area contributed by atoms with E-state index in [2.05, 4.69) is 5.43 Å². The lowest BCUT2D eigenvalue weighted by atomic mass is 10.1. The molecule has 1 aliphatic heterocycles. The molecule has 114 valence electrons. The molecule has 2 rings (SSSR count). The first-order chi connectivity index (χ1) is 9.84. The zero-order valence-corrected chi connectivity index (χ0v) is 12.0. The summed E-state index contributed by atoms with van der Waals surface area (Å²) in [6, 6.07) is 4.10. The van der Waals surface area contributed by atoms with Crippen molar-refractivity contribution in [3.05, 3.63) is 33.9 Å². The third-order valence-corrected chi connectivity index (χ3v) is 3.31. The molecule has 0 radical (unpaired) electrons. The smallest absolute Gasteiger partial charge is 0.293 e. The van der Waals surface area contributed by atoms with Crippen LogP contribution in [0.5, 0.6) is 0 Å². The van der Waals surface area contributed by atoms with Crippen LogP contribution in [0.1, 0.15) is 24.2 Å². The summed E-state index contributed by atoms with van der Waals surface area (Å²) in [5.74, 6) is 5.08. The Balaban J connectivity index is 2.25. The highest BCUT2D eigenvalue weighted by molar-refractivity contribution is 5.96. The highest BCUT2D eigenvalue weighted by atomic mass is 16.6. The van der Waals surface area contributed by atoms with Crippen LogP contribution in [0.15, 0.2) is 18.2 Å². The number of nitro groups is 1. The Morgan fingerprint density at radius 2 is 2.24 bits per heavy atom. The number of anilines is 1. The lowest BCUT2D eigenvalue weighted by Gasteiger charge is -2.38. The maximum Gasteiger partial charge on any atom is 0.293 e. The van der Waals surface area contributed by atoms with E-state index >= 15 is 0 Å². The van der Waals surface area contributed by atoms with Crippen LogP contribution in [-0.2, 0) is 4.74 Å². The van der Waals surface area contributed by atoms with E-state index in [1.54, 1.807) is 4.90 Å². The second-order valence-corrected chi connectivity index (χ2v) is 5.47. The Labute approximate surface area is 122 Å². The van der Waals surface area contributed by atoms with Gasteiger partial charge in [0.15, 0.2) is 0 Å².